The fourth-order valence-corrected chi connectivity index (χ4v) is 7.51. The standard InChI is InChI=1S/C21H22N2O2.ClH/c24-18-10-16-19-13-9-17-21(6-7-22(17)11-12(13)5-8-25-16)14-3-1-2-4-15(14)23(18)20(19)21;/h1-5,13,16-17,19-20H,6-11H2;1H/t13-,16-,17-,19-,20-,21+;/m0./s1. The predicted molar refractivity (Wildman–Crippen MR) is 101 cm³/mol. The molecule has 0 aromatic heterocycles. The van der Waals surface area contributed by atoms with E-state index in [1.54, 1.807) is 5.57 Å². The molecule has 0 radical (unpaired) electrons. The summed E-state index contributed by atoms with van der Waals surface area (Å²) in [5, 5.41) is 0. The molecule has 4 nitrogen and oxygen atoms in total. The lowest BCUT2D eigenvalue weighted by Crippen LogP contribution is -2.69. The van der Waals surface area contributed by atoms with Crippen molar-refractivity contribution < 1.29 is 9.53 Å². The summed E-state index contributed by atoms with van der Waals surface area (Å²) in [6, 6.07) is 9.64. The number of benzene rings is 1. The first-order valence-electron chi connectivity index (χ1n) is 9.75. The van der Waals surface area contributed by atoms with Gasteiger partial charge in [0.2, 0.25) is 5.91 Å². The molecule has 1 aromatic rings. The molecular weight excluding hydrogens is 348 g/mol. The van der Waals surface area contributed by atoms with Gasteiger partial charge in [-0.05, 0) is 36.9 Å². The second-order valence-corrected chi connectivity index (χ2v) is 8.78. The van der Waals surface area contributed by atoms with Crippen LogP contribution in [0.3, 0.4) is 0 Å². The summed E-state index contributed by atoms with van der Waals surface area (Å²) in [7, 11) is 0. The van der Waals surface area contributed by atoms with Crippen LogP contribution in [-0.2, 0) is 14.9 Å². The minimum atomic E-state index is 0. The summed E-state index contributed by atoms with van der Waals surface area (Å²) in [5.41, 5.74) is 4.35. The maximum Gasteiger partial charge on any atom is 0.229 e. The number of carbonyl (C=O) groups is 1. The lowest BCUT2D eigenvalue weighted by Gasteiger charge is -2.58. The fourth-order valence-electron chi connectivity index (χ4n) is 7.51. The second-order valence-electron chi connectivity index (χ2n) is 8.78. The lowest BCUT2D eigenvalue weighted by atomic mass is 9.53. The van der Waals surface area contributed by atoms with Gasteiger partial charge in [-0.3, -0.25) is 9.69 Å². The number of para-hydroxylation sites is 1. The summed E-state index contributed by atoms with van der Waals surface area (Å²) in [6.07, 6.45) is 5.43. The molecule has 5 aliphatic heterocycles. The molecule has 1 amide bonds. The molecule has 136 valence electrons. The largest absolute Gasteiger partial charge is 0.373 e. The number of hydrogen-bond acceptors (Lipinski definition) is 3. The van der Waals surface area contributed by atoms with Crippen LogP contribution in [0.1, 0.15) is 24.8 Å². The molecule has 6 aliphatic rings. The number of hydrogen-bond donors (Lipinski definition) is 0. The monoisotopic (exact) mass is 370 g/mol. The van der Waals surface area contributed by atoms with Crippen molar-refractivity contribution in [3.63, 3.8) is 0 Å². The van der Waals surface area contributed by atoms with E-state index >= 15 is 0 Å². The van der Waals surface area contributed by atoms with Crippen LogP contribution in [0.4, 0.5) is 5.69 Å². The maximum absolute atomic E-state index is 13.2. The molecule has 2 bridgehead atoms. The highest BCUT2D eigenvalue weighted by Crippen LogP contribution is 2.65. The summed E-state index contributed by atoms with van der Waals surface area (Å²) in [4.78, 5) is 18.1. The molecule has 0 unspecified atom stereocenters. The number of halogens is 1. The van der Waals surface area contributed by atoms with Crippen LogP contribution >= 0.6 is 12.4 Å². The molecule has 1 aromatic carbocycles. The van der Waals surface area contributed by atoms with E-state index < -0.39 is 0 Å². The molecule has 3 saturated heterocycles. The van der Waals surface area contributed by atoms with Crippen LogP contribution in [0.2, 0.25) is 0 Å². The van der Waals surface area contributed by atoms with Crippen molar-refractivity contribution >= 4 is 24.0 Å². The second kappa shape index (κ2) is 4.92. The van der Waals surface area contributed by atoms with Gasteiger partial charge in [0, 0.05) is 29.6 Å². The lowest BCUT2D eigenvalue weighted by molar-refractivity contribution is -0.132. The average Bonchev–Trinajstić information content (AvgIpc) is 3.10. The third kappa shape index (κ3) is 1.52. The van der Waals surface area contributed by atoms with Gasteiger partial charge in [-0.2, -0.15) is 0 Å². The van der Waals surface area contributed by atoms with Gasteiger partial charge in [0.1, 0.15) is 0 Å². The molecule has 1 spiro atoms. The number of carbonyl (C=O) groups excluding carboxylic acids is 1. The van der Waals surface area contributed by atoms with Crippen LogP contribution in [0.15, 0.2) is 35.9 Å². The Kier molecular flexibility index (Phi) is 2.96. The highest BCUT2D eigenvalue weighted by Gasteiger charge is 2.70. The zero-order valence-electron chi connectivity index (χ0n) is 14.6. The molecule has 5 heteroatoms. The molecule has 4 fully saturated rings. The van der Waals surface area contributed by atoms with Crippen LogP contribution in [0.25, 0.3) is 0 Å². The Labute approximate surface area is 159 Å². The molecule has 5 heterocycles. The van der Waals surface area contributed by atoms with E-state index in [-0.39, 0.29) is 29.8 Å². The molecule has 26 heavy (non-hydrogen) atoms. The van der Waals surface area contributed by atoms with Gasteiger partial charge < -0.3 is 9.64 Å². The normalized spacial score (nSPS) is 44.2. The molecule has 6 atom stereocenters. The van der Waals surface area contributed by atoms with Crippen LogP contribution < -0.4 is 4.90 Å². The van der Waals surface area contributed by atoms with Crippen molar-refractivity contribution in [3.05, 3.63) is 41.5 Å². The Morgan fingerprint density at radius 1 is 1.23 bits per heavy atom. The molecule has 1 saturated carbocycles. The Bertz CT molecular complexity index is 854. The minimum absolute atomic E-state index is 0. The number of ether oxygens (including phenoxy) is 1. The van der Waals surface area contributed by atoms with Gasteiger partial charge >= 0.3 is 0 Å². The number of rotatable bonds is 0. The Morgan fingerprint density at radius 2 is 2.12 bits per heavy atom. The first kappa shape index (κ1) is 15.7. The van der Waals surface area contributed by atoms with Gasteiger partial charge in [-0.15, -0.1) is 12.4 Å². The Balaban J connectivity index is 0.00000137. The van der Waals surface area contributed by atoms with E-state index in [1.807, 2.05) is 0 Å². The van der Waals surface area contributed by atoms with E-state index in [4.69, 9.17) is 4.74 Å². The number of piperidine rings is 2. The molecular formula is C21H23ClN2O2. The first-order valence-corrected chi connectivity index (χ1v) is 9.75. The van der Waals surface area contributed by atoms with Crippen molar-refractivity contribution in [1.29, 1.82) is 0 Å². The molecule has 0 N–H and O–H groups in total. The first-order chi connectivity index (χ1) is 12.3. The summed E-state index contributed by atoms with van der Waals surface area (Å²) < 4.78 is 6.25. The highest BCUT2D eigenvalue weighted by molar-refractivity contribution is 5.99. The highest BCUT2D eigenvalue weighted by atomic mass is 35.5. The third-order valence-electron chi connectivity index (χ3n) is 8.22. The summed E-state index contributed by atoms with van der Waals surface area (Å²) >= 11 is 0. The minimum Gasteiger partial charge on any atom is -0.373 e. The Morgan fingerprint density at radius 3 is 3.04 bits per heavy atom. The number of amides is 1. The zero-order chi connectivity index (χ0) is 16.3. The van der Waals surface area contributed by atoms with Crippen molar-refractivity contribution in [2.75, 3.05) is 24.6 Å². The van der Waals surface area contributed by atoms with E-state index in [0.29, 0.717) is 36.9 Å². The topological polar surface area (TPSA) is 32.8 Å². The zero-order valence-corrected chi connectivity index (χ0v) is 15.5. The molecule has 1 aliphatic carbocycles. The summed E-state index contributed by atoms with van der Waals surface area (Å²) in [5.74, 6) is 1.35. The van der Waals surface area contributed by atoms with Crippen molar-refractivity contribution in [2.24, 2.45) is 11.8 Å². The number of nitrogens with zero attached hydrogens (tertiary/aromatic N) is 2. The van der Waals surface area contributed by atoms with E-state index in [2.05, 4.69) is 40.1 Å². The van der Waals surface area contributed by atoms with Crippen molar-refractivity contribution in [3.8, 4) is 0 Å². The van der Waals surface area contributed by atoms with Gasteiger partial charge in [0.15, 0.2) is 0 Å². The number of fused-ring (bicyclic) bond motifs is 2. The van der Waals surface area contributed by atoms with Gasteiger partial charge in [0.25, 0.3) is 0 Å². The van der Waals surface area contributed by atoms with Crippen molar-refractivity contribution in [1.82, 2.24) is 4.90 Å². The smallest absolute Gasteiger partial charge is 0.229 e. The van der Waals surface area contributed by atoms with E-state index in [1.165, 1.54) is 30.6 Å². The molecule has 7 rings (SSSR count). The fraction of sp³-hybridized carbons (Fsp3) is 0.571. The summed E-state index contributed by atoms with van der Waals surface area (Å²) in [6.45, 7) is 2.97. The van der Waals surface area contributed by atoms with Crippen LogP contribution in [0.5, 0.6) is 0 Å². The average molecular weight is 371 g/mol. The van der Waals surface area contributed by atoms with Gasteiger partial charge in [0.05, 0.1) is 25.2 Å². The van der Waals surface area contributed by atoms with Crippen LogP contribution in [0, 0.1) is 11.8 Å². The SMILES string of the molecule is Cl.O=C1C[C@@H]2OCC=C3CN4CC[C@]56c7ccccc7N1[C@H]5[C@H]2[C@H]3C[C@H]46. The number of anilines is 1. The van der Waals surface area contributed by atoms with E-state index in [0.717, 1.165) is 6.54 Å². The van der Waals surface area contributed by atoms with Crippen molar-refractivity contribution in [2.45, 2.75) is 42.9 Å². The van der Waals surface area contributed by atoms with E-state index in [9.17, 15) is 4.79 Å². The van der Waals surface area contributed by atoms with Crippen LogP contribution in [-0.4, -0.2) is 48.7 Å². The van der Waals surface area contributed by atoms with Gasteiger partial charge in [-0.25, -0.2) is 0 Å². The quantitative estimate of drug-likeness (QED) is 0.658. The Hall–Kier alpha value is -1.36. The maximum atomic E-state index is 13.2. The third-order valence-corrected chi connectivity index (χ3v) is 8.22. The van der Waals surface area contributed by atoms with Gasteiger partial charge in [-0.1, -0.05) is 29.8 Å². The predicted octanol–water partition coefficient (Wildman–Crippen LogP) is 2.51.